The van der Waals surface area contributed by atoms with E-state index in [0.29, 0.717) is 19.5 Å². The number of rotatable bonds is 11. The first kappa shape index (κ1) is 35.0. The maximum atomic E-state index is 13.6. The monoisotopic (exact) mass is 647 g/mol. The van der Waals surface area contributed by atoms with Gasteiger partial charge in [0.05, 0.1) is 24.8 Å². The first-order valence-corrected chi connectivity index (χ1v) is 18.9. The van der Waals surface area contributed by atoms with Gasteiger partial charge in [0.2, 0.25) is 0 Å². The van der Waals surface area contributed by atoms with Crippen LogP contribution in [0.3, 0.4) is 0 Å². The molecule has 3 aromatic rings. The number of aromatic carboxylic acids is 1. The molecular formula is C37H49NO7Si. The smallest absolute Gasteiger partial charge is 0.410 e. The Labute approximate surface area is 274 Å². The molecule has 0 fully saturated rings. The summed E-state index contributed by atoms with van der Waals surface area (Å²) in [5.41, 5.74) is 2.40. The zero-order chi connectivity index (χ0) is 33.7. The van der Waals surface area contributed by atoms with Crippen LogP contribution >= 0.6 is 0 Å². The van der Waals surface area contributed by atoms with E-state index in [1.165, 1.54) is 0 Å². The first-order valence-electron chi connectivity index (χ1n) is 16.0. The molecule has 1 aliphatic rings. The maximum Gasteiger partial charge on any atom is 0.410 e. The number of carboxylic acid groups (broad SMARTS) is 1. The molecular weight excluding hydrogens is 598 g/mol. The molecule has 46 heavy (non-hydrogen) atoms. The van der Waals surface area contributed by atoms with Crippen LogP contribution in [0.15, 0.2) is 72.8 Å². The molecule has 248 valence electrons. The highest BCUT2D eigenvalue weighted by Crippen LogP contribution is 2.38. The number of benzene rings is 3. The van der Waals surface area contributed by atoms with E-state index in [1.54, 1.807) is 23.1 Å². The molecule has 8 nitrogen and oxygen atoms in total. The third-order valence-electron chi connectivity index (χ3n) is 8.48. The van der Waals surface area contributed by atoms with Crippen molar-refractivity contribution < 1.29 is 33.3 Å². The van der Waals surface area contributed by atoms with E-state index >= 15 is 0 Å². The molecule has 9 heteroatoms. The SMILES string of the molecule is CC(C)(C)OC(=O)N(C[C@H]1CCc2cc(-c3cccc(C(=O)O)c3)ccc2O1)C[C@@H](COc1ccccc1)O[Si](C)(C)C(C)(C)C. The fourth-order valence-corrected chi connectivity index (χ4v) is 6.38. The number of para-hydroxylation sites is 1. The standard InChI is InChI=1S/C37H49NO7Si/c1-36(2,3)44-35(41)38(24-32(45-46(7,8)37(4,5)6)25-42-30-15-10-9-11-16-30)23-31-19-17-28-21-27(18-20-33(28)43-31)26-13-12-14-29(22-26)34(39)40/h9-16,18,20-22,31-32H,17,19,23-25H2,1-8H3,(H,39,40)/t31-,32+/m1/s1. The topological polar surface area (TPSA) is 94.5 Å². The van der Waals surface area contributed by atoms with Crippen LogP contribution in [0.2, 0.25) is 18.1 Å². The summed E-state index contributed by atoms with van der Waals surface area (Å²) >= 11 is 0. The van der Waals surface area contributed by atoms with Gasteiger partial charge in [0.15, 0.2) is 8.32 Å². The number of fused-ring (bicyclic) bond motifs is 1. The van der Waals surface area contributed by atoms with Gasteiger partial charge in [-0.15, -0.1) is 0 Å². The maximum absolute atomic E-state index is 13.6. The second-order valence-electron chi connectivity index (χ2n) is 14.5. The van der Waals surface area contributed by atoms with Crippen LogP contribution in [0.25, 0.3) is 11.1 Å². The fourth-order valence-electron chi connectivity index (χ4n) is 5.05. The minimum atomic E-state index is -2.22. The van der Waals surface area contributed by atoms with E-state index in [0.717, 1.165) is 34.6 Å². The average Bonchev–Trinajstić information content (AvgIpc) is 2.98. The summed E-state index contributed by atoms with van der Waals surface area (Å²) in [7, 11) is -2.22. The van der Waals surface area contributed by atoms with Gasteiger partial charge in [-0.1, -0.05) is 57.2 Å². The van der Waals surface area contributed by atoms with Gasteiger partial charge in [0, 0.05) is 0 Å². The molecule has 1 heterocycles. The van der Waals surface area contributed by atoms with Crippen LogP contribution in [0, 0.1) is 0 Å². The minimum absolute atomic E-state index is 0.0290. The van der Waals surface area contributed by atoms with Crippen LogP contribution in [0.4, 0.5) is 4.79 Å². The number of hydrogen-bond donors (Lipinski definition) is 1. The highest BCUT2D eigenvalue weighted by molar-refractivity contribution is 6.74. The lowest BCUT2D eigenvalue weighted by Gasteiger charge is -2.41. The van der Waals surface area contributed by atoms with Gasteiger partial charge in [-0.3, -0.25) is 0 Å². The van der Waals surface area contributed by atoms with Crippen molar-refractivity contribution in [2.24, 2.45) is 0 Å². The summed E-state index contributed by atoms with van der Waals surface area (Å²) in [4.78, 5) is 26.8. The van der Waals surface area contributed by atoms with Gasteiger partial charge >= 0.3 is 12.1 Å². The van der Waals surface area contributed by atoms with Crippen LogP contribution < -0.4 is 9.47 Å². The lowest BCUT2D eigenvalue weighted by molar-refractivity contribution is 0.000512. The van der Waals surface area contributed by atoms with Gasteiger partial charge in [-0.05, 0) is 105 Å². The van der Waals surface area contributed by atoms with Gasteiger partial charge < -0.3 is 28.6 Å². The highest BCUT2D eigenvalue weighted by Gasteiger charge is 2.40. The van der Waals surface area contributed by atoms with Crippen molar-refractivity contribution >= 4 is 20.4 Å². The molecule has 0 bridgehead atoms. The van der Waals surface area contributed by atoms with E-state index < -0.39 is 26.0 Å². The van der Waals surface area contributed by atoms with E-state index in [9.17, 15) is 14.7 Å². The van der Waals surface area contributed by atoms with Crippen LogP contribution in [-0.2, 0) is 15.6 Å². The molecule has 0 saturated carbocycles. The molecule has 1 amide bonds. The Bertz CT molecular complexity index is 1490. The highest BCUT2D eigenvalue weighted by atomic mass is 28.4. The number of aryl methyl sites for hydroxylation is 1. The van der Waals surface area contributed by atoms with Crippen molar-refractivity contribution in [3.63, 3.8) is 0 Å². The number of hydrogen-bond acceptors (Lipinski definition) is 6. The summed E-state index contributed by atoms with van der Waals surface area (Å²) in [5, 5.41) is 9.38. The Morgan fingerprint density at radius 2 is 1.65 bits per heavy atom. The Hall–Kier alpha value is -3.82. The number of carboxylic acids is 1. The number of carbonyl (C=O) groups excluding carboxylic acids is 1. The van der Waals surface area contributed by atoms with E-state index in [1.807, 2.05) is 69.3 Å². The second-order valence-corrected chi connectivity index (χ2v) is 19.3. The summed E-state index contributed by atoms with van der Waals surface area (Å²) in [6, 6.07) is 22.5. The van der Waals surface area contributed by atoms with E-state index in [2.05, 4.69) is 39.9 Å². The first-order chi connectivity index (χ1) is 21.5. The van der Waals surface area contributed by atoms with Gasteiger partial charge in [-0.2, -0.15) is 0 Å². The molecule has 0 radical (unpaired) electrons. The normalized spacial score (nSPS) is 15.7. The van der Waals surface area contributed by atoms with Crippen LogP contribution in [0.5, 0.6) is 11.5 Å². The Morgan fingerprint density at radius 3 is 2.30 bits per heavy atom. The average molecular weight is 648 g/mol. The second kappa shape index (κ2) is 14.3. The fraction of sp³-hybridized carbons (Fsp3) is 0.459. The van der Waals surface area contributed by atoms with Crippen molar-refractivity contribution in [1.82, 2.24) is 4.90 Å². The largest absolute Gasteiger partial charge is 0.491 e. The lowest BCUT2D eigenvalue weighted by atomic mass is 9.96. The van der Waals surface area contributed by atoms with Crippen LogP contribution in [-0.4, -0.2) is 67.9 Å². The summed E-state index contributed by atoms with van der Waals surface area (Å²) in [5.74, 6) is 0.556. The molecule has 0 aromatic heterocycles. The van der Waals surface area contributed by atoms with Gasteiger partial charge in [-0.25, -0.2) is 9.59 Å². The molecule has 1 aliphatic heterocycles. The number of ether oxygens (including phenoxy) is 3. The number of carbonyl (C=O) groups is 2. The molecule has 0 saturated heterocycles. The van der Waals surface area contributed by atoms with Crippen molar-refractivity contribution in [2.75, 3.05) is 19.7 Å². The molecule has 0 unspecified atom stereocenters. The van der Waals surface area contributed by atoms with Gasteiger partial charge in [0.25, 0.3) is 0 Å². The van der Waals surface area contributed by atoms with Crippen molar-refractivity contribution in [3.05, 3.63) is 83.9 Å². The molecule has 1 N–H and O–H groups in total. The zero-order valence-corrected chi connectivity index (χ0v) is 29.5. The van der Waals surface area contributed by atoms with Crippen molar-refractivity contribution in [1.29, 1.82) is 0 Å². The summed E-state index contributed by atoms with van der Waals surface area (Å²) < 4.78 is 25.3. The molecule has 0 aliphatic carbocycles. The Balaban J connectivity index is 1.54. The third kappa shape index (κ3) is 9.59. The van der Waals surface area contributed by atoms with E-state index in [-0.39, 0.29) is 29.4 Å². The quantitative estimate of drug-likeness (QED) is 0.209. The number of amides is 1. The number of nitrogens with zero attached hydrogens (tertiary/aromatic N) is 1. The molecule has 0 spiro atoms. The molecule has 3 aromatic carbocycles. The zero-order valence-electron chi connectivity index (χ0n) is 28.5. The third-order valence-corrected chi connectivity index (χ3v) is 13.0. The Kier molecular flexibility index (Phi) is 10.9. The lowest BCUT2D eigenvalue weighted by Crippen LogP contribution is -2.52. The predicted molar refractivity (Wildman–Crippen MR) is 183 cm³/mol. The Morgan fingerprint density at radius 1 is 0.957 bits per heavy atom. The predicted octanol–water partition coefficient (Wildman–Crippen LogP) is 8.45. The van der Waals surface area contributed by atoms with Gasteiger partial charge in [0.1, 0.15) is 29.8 Å². The van der Waals surface area contributed by atoms with Crippen molar-refractivity contribution in [2.45, 2.75) is 90.3 Å². The summed E-state index contributed by atoms with van der Waals surface area (Å²) in [6.45, 7) is 17.5. The van der Waals surface area contributed by atoms with Crippen molar-refractivity contribution in [3.8, 4) is 22.6 Å². The minimum Gasteiger partial charge on any atom is -0.491 e. The van der Waals surface area contributed by atoms with E-state index in [4.69, 9.17) is 18.6 Å². The van der Waals surface area contributed by atoms with Crippen LogP contribution in [0.1, 0.15) is 63.9 Å². The molecule has 4 rings (SSSR count). The molecule has 2 atom stereocenters. The summed E-state index contributed by atoms with van der Waals surface area (Å²) in [6.07, 6.45) is 0.423.